The maximum atomic E-state index is 6.15. The lowest BCUT2D eigenvalue weighted by atomic mass is 10.1. The summed E-state index contributed by atoms with van der Waals surface area (Å²) in [6, 6.07) is 13.1. The molecule has 3 rings (SSSR count). The zero-order valence-electron chi connectivity index (χ0n) is 10.9. The van der Waals surface area contributed by atoms with Crippen molar-refractivity contribution in [2.45, 2.75) is 6.54 Å². The number of nitrogens with zero attached hydrogens (tertiary/aromatic N) is 1. The Morgan fingerprint density at radius 3 is 2.38 bits per heavy atom. The van der Waals surface area contributed by atoms with Gasteiger partial charge in [-0.05, 0) is 42.0 Å². The van der Waals surface area contributed by atoms with Crippen LogP contribution in [0.1, 0.15) is 5.56 Å². The van der Waals surface area contributed by atoms with Gasteiger partial charge in [-0.3, -0.25) is 4.98 Å². The first-order valence-corrected chi connectivity index (χ1v) is 7.48. The van der Waals surface area contributed by atoms with E-state index in [9.17, 15) is 0 Å². The van der Waals surface area contributed by atoms with Crippen molar-refractivity contribution >= 4 is 51.4 Å². The number of anilines is 1. The highest BCUT2D eigenvalue weighted by atomic mass is 35.5. The van der Waals surface area contributed by atoms with E-state index in [1.54, 1.807) is 12.3 Å². The highest BCUT2D eigenvalue weighted by molar-refractivity contribution is 6.34. The second-order valence-electron chi connectivity index (χ2n) is 4.66. The summed E-state index contributed by atoms with van der Waals surface area (Å²) < 4.78 is 0. The minimum atomic E-state index is 0.590. The second kappa shape index (κ2) is 6.10. The van der Waals surface area contributed by atoms with Gasteiger partial charge < -0.3 is 5.32 Å². The zero-order valence-corrected chi connectivity index (χ0v) is 13.2. The topological polar surface area (TPSA) is 24.9 Å². The number of nitrogens with one attached hydrogen (secondary N) is 1. The molecule has 0 aliphatic carbocycles. The highest BCUT2D eigenvalue weighted by Gasteiger charge is 2.05. The minimum absolute atomic E-state index is 0.590. The number of pyridine rings is 1. The summed E-state index contributed by atoms with van der Waals surface area (Å²) in [7, 11) is 0. The first-order valence-electron chi connectivity index (χ1n) is 6.35. The molecule has 3 aromatic rings. The highest BCUT2D eigenvalue weighted by Crippen LogP contribution is 2.27. The van der Waals surface area contributed by atoms with Gasteiger partial charge in [0, 0.05) is 33.2 Å². The summed E-state index contributed by atoms with van der Waals surface area (Å²) in [6.45, 7) is 0.590. The van der Waals surface area contributed by atoms with E-state index in [4.69, 9.17) is 34.8 Å². The minimum Gasteiger partial charge on any atom is -0.379 e. The molecule has 0 spiro atoms. The number of aromatic nitrogens is 1. The predicted octanol–water partition coefficient (Wildman–Crippen LogP) is 5.81. The van der Waals surface area contributed by atoms with E-state index in [-0.39, 0.29) is 0 Å². The summed E-state index contributed by atoms with van der Waals surface area (Å²) in [6.07, 6.45) is 1.76. The third-order valence-electron chi connectivity index (χ3n) is 3.07. The fraction of sp³-hybridized carbons (Fsp3) is 0.0625. The molecule has 0 aliphatic heterocycles. The SMILES string of the molecule is Clc1cc(Cl)cc(CNc2cc(Cl)cc3cccnc23)c1. The molecule has 0 amide bonds. The number of halogens is 3. The Morgan fingerprint density at radius 2 is 1.62 bits per heavy atom. The summed E-state index contributed by atoms with van der Waals surface area (Å²) in [5, 5.41) is 6.24. The lowest BCUT2D eigenvalue weighted by molar-refractivity contribution is 1.15. The van der Waals surface area contributed by atoms with Crippen molar-refractivity contribution in [2.24, 2.45) is 0 Å². The van der Waals surface area contributed by atoms with Crippen molar-refractivity contribution < 1.29 is 0 Å². The number of rotatable bonds is 3. The van der Waals surface area contributed by atoms with Gasteiger partial charge in [0.25, 0.3) is 0 Å². The second-order valence-corrected chi connectivity index (χ2v) is 5.97. The van der Waals surface area contributed by atoms with Gasteiger partial charge in [0.05, 0.1) is 11.2 Å². The summed E-state index contributed by atoms with van der Waals surface area (Å²) in [5.74, 6) is 0. The largest absolute Gasteiger partial charge is 0.379 e. The lowest BCUT2D eigenvalue weighted by Crippen LogP contribution is -2.01. The molecule has 21 heavy (non-hydrogen) atoms. The molecule has 2 aromatic carbocycles. The Balaban J connectivity index is 1.91. The zero-order chi connectivity index (χ0) is 14.8. The van der Waals surface area contributed by atoms with Crippen LogP contribution < -0.4 is 5.32 Å². The number of hydrogen-bond acceptors (Lipinski definition) is 2. The van der Waals surface area contributed by atoms with Crippen molar-refractivity contribution in [3.63, 3.8) is 0 Å². The van der Waals surface area contributed by atoms with Gasteiger partial charge in [-0.2, -0.15) is 0 Å². The van der Waals surface area contributed by atoms with Gasteiger partial charge in [0.2, 0.25) is 0 Å². The van der Waals surface area contributed by atoms with Crippen LogP contribution in [-0.4, -0.2) is 4.98 Å². The molecule has 0 bridgehead atoms. The van der Waals surface area contributed by atoms with Crippen LogP contribution in [0.2, 0.25) is 15.1 Å². The summed E-state index contributed by atoms with van der Waals surface area (Å²) in [4.78, 5) is 4.40. The molecule has 0 fully saturated rings. The van der Waals surface area contributed by atoms with Crippen LogP contribution in [0, 0.1) is 0 Å². The molecule has 0 radical (unpaired) electrons. The third kappa shape index (κ3) is 3.41. The fourth-order valence-electron chi connectivity index (χ4n) is 2.20. The Hall–Kier alpha value is -1.48. The van der Waals surface area contributed by atoms with Gasteiger partial charge in [0.15, 0.2) is 0 Å². The Labute approximate surface area is 137 Å². The maximum absolute atomic E-state index is 6.15. The molecule has 5 heteroatoms. The van der Waals surface area contributed by atoms with E-state index in [2.05, 4.69) is 10.3 Å². The van der Waals surface area contributed by atoms with E-state index in [1.165, 1.54) is 0 Å². The van der Waals surface area contributed by atoms with Crippen LogP contribution in [0.4, 0.5) is 5.69 Å². The van der Waals surface area contributed by atoms with Crippen LogP contribution >= 0.6 is 34.8 Å². The molecule has 1 N–H and O–H groups in total. The monoisotopic (exact) mass is 336 g/mol. The van der Waals surface area contributed by atoms with Crippen molar-refractivity contribution in [3.8, 4) is 0 Å². The molecule has 0 aliphatic rings. The van der Waals surface area contributed by atoms with Crippen LogP contribution in [0.15, 0.2) is 48.7 Å². The molecule has 0 saturated heterocycles. The quantitative estimate of drug-likeness (QED) is 0.652. The van der Waals surface area contributed by atoms with Crippen LogP contribution in [0.5, 0.6) is 0 Å². The standard InChI is InChI=1S/C16H11Cl3N2/c17-12-4-10(5-13(18)7-12)9-21-15-8-14(19)6-11-2-1-3-20-16(11)15/h1-8,21H,9H2. The smallest absolute Gasteiger partial charge is 0.0934 e. The van der Waals surface area contributed by atoms with Crippen molar-refractivity contribution in [1.82, 2.24) is 4.98 Å². The van der Waals surface area contributed by atoms with Crippen molar-refractivity contribution in [3.05, 3.63) is 69.3 Å². The Kier molecular flexibility index (Phi) is 4.20. The van der Waals surface area contributed by atoms with E-state index in [1.807, 2.05) is 36.4 Å². The third-order valence-corrected chi connectivity index (χ3v) is 3.73. The summed E-state index contributed by atoms with van der Waals surface area (Å²) in [5.41, 5.74) is 2.76. The molecule has 1 heterocycles. The first-order chi connectivity index (χ1) is 10.1. The lowest BCUT2D eigenvalue weighted by Gasteiger charge is -2.10. The fourth-order valence-corrected chi connectivity index (χ4v) is 3.00. The van der Waals surface area contributed by atoms with Crippen LogP contribution in [0.25, 0.3) is 10.9 Å². The number of benzene rings is 2. The van der Waals surface area contributed by atoms with Gasteiger partial charge >= 0.3 is 0 Å². The molecule has 0 atom stereocenters. The molecule has 0 unspecified atom stereocenters. The van der Waals surface area contributed by atoms with Gasteiger partial charge in [-0.1, -0.05) is 40.9 Å². The molecular formula is C16H11Cl3N2. The van der Waals surface area contributed by atoms with E-state index in [0.717, 1.165) is 22.2 Å². The maximum Gasteiger partial charge on any atom is 0.0934 e. The Morgan fingerprint density at radius 1 is 0.905 bits per heavy atom. The van der Waals surface area contributed by atoms with Gasteiger partial charge in [-0.15, -0.1) is 0 Å². The van der Waals surface area contributed by atoms with E-state index >= 15 is 0 Å². The normalized spacial score (nSPS) is 10.8. The average molecular weight is 338 g/mol. The molecule has 106 valence electrons. The Bertz CT molecular complexity index is 782. The number of hydrogen-bond donors (Lipinski definition) is 1. The van der Waals surface area contributed by atoms with E-state index < -0.39 is 0 Å². The summed E-state index contributed by atoms with van der Waals surface area (Å²) >= 11 is 18.2. The van der Waals surface area contributed by atoms with Crippen molar-refractivity contribution in [1.29, 1.82) is 0 Å². The van der Waals surface area contributed by atoms with Crippen molar-refractivity contribution in [2.75, 3.05) is 5.32 Å². The first kappa shape index (κ1) is 14.5. The van der Waals surface area contributed by atoms with Gasteiger partial charge in [-0.25, -0.2) is 0 Å². The molecule has 0 saturated carbocycles. The molecule has 2 nitrogen and oxygen atoms in total. The molecule has 1 aromatic heterocycles. The van der Waals surface area contributed by atoms with Crippen LogP contribution in [0.3, 0.4) is 0 Å². The molecular weight excluding hydrogens is 327 g/mol. The van der Waals surface area contributed by atoms with Crippen LogP contribution in [-0.2, 0) is 6.54 Å². The van der Waals surface area contributed by atoms with Gasteiger partial charge in [0.1, 0.15) is 0 Å². The average Bonchev–Trinajstić information content (AvgIpc) is 2.43. The predicted molar refractivity (Wildman–Crippen MR) is 90.5 cm³/mol. The number of fused-ring (bicyclic) bond motifs is 1. The van der Waals surface area contributed by atoms with E-state index in [0.29, 0.717) is 21.6 Å².